The van der Waals surface area contributed by atoms with Crippen molar-refractivity contribution in [3.8, 4) is 17.6 Å². The van der Waals surface area contributed by atoms with Gasteiger partial charge in [0.1, 0.15) is 5.69 Å². The van der Waals surface area contributed by atoms with Crippen molar-refractivity contribution in [2.75, 3.05) is 0 Å². The van der Waals surface area contributed by atoms with Crippen LogP contribution < -0.4 is 0 Å². The van der Waals surface area contributed by atoms with Crippen LogP contribution in [0.25, 0.3) is 22.3 Å². The van der Waals surface area contributed by atoms with Crippen LogP contribution in [-0.4, -0.2) is 15.1 Å². The predicted molar refractivity (Wildman–Crippen MR) is 71.5 cm³/mol. The molecule has 96 valence electrons. The molecule has 2 aromatic heterocycles. The van der Waals surface area contributed by atoms with Crippen molar-refractivity contribution >= 4 is 10.8 Å². The van der Waals surface area contributed by atoms with Crippen molar-refractivity contribution in [2.45, 2.75) is 12.3 Å². The van der Waals surface area contributed by atoms with Gasteiger partial charge in [-0.2, -0.15) is 10.2 Å². The zero-order valence-electron chi connectivity index (χ0n) is 10.5. The zero-order valence-corrected chi connectivity index (χ0v) is 10.5. The van der Waals surface area contributed by atoms with Gasteiger partial charge in [-0.05, 0) is 17.9 Å². The predicted octanol–water partition coefficient (Wildman–Crippen LogP) is 2.91. The summed E-state index contributed by atoms with van der Waals surface area (Å²) in [5, 5.41) is 14.9. The lowest BCUT2D eigenvalue weighted by Crippen LogP contribution is -1.88. The molecule has 1 fully saturated rings. The van der Waals surface area contributed by atoms with Crippen LogP contribution in [0.3, 0.4) is 0 Å². The largest absolute Gasteiger partial charge is 0.339 e. The standard InChI is InChI=1S/C15H10N4O/c16-8-10-7-12(10)15-18-14(19-20-15)13-11-4-2-1-3-9(11)5-6-17-13/h1-6,10,12H,7H2. The molecule has 4 rings (SSSR count). The fraction of sp³-hybridized carbons (Fsp3) is 0.200. The minimum atomic E-state index is 0.0174. The minimum Gasteiger partial charge on any atom is -0.339 e. The number of nitrogens with zero attached hydrogens (tertiary/aromatic N) is 4. The molecule has 2 unspecified atom stereocenters. The van der Waals surface area contributed by atoms with Crippen molar-refractivity contribution in [2.24, 2.45) is 5.92 Å². The summed E-state index contributed by atoms with van der Waals surface area (Å²) < 4.78 is 5.27. The van der Waals surface area contributed by atoms with E-state index in [1.165, 1.54) is 0 Å². The van der Waals surface area contributed by atoms with Crippen LogP contribution >= 0.6 is 0 Å². The third kappa shape index (κ3) is 1.66. The average Bonchev–Trinajstić information content (AvgIpc) is 3.14. The molecule has 1 aromatic carbocycles. The van der Waals surface area contributed by atoms with Gasteiger partial charge in [-0.1, -0.05) is 29.4 Å². The van der Waals surface area contributed by atoms with Crippen LogP contribution in [0.15, 0.2) is 41.1 Å². The Morgan fingerprint density at radius 1 is 1.25 bits per heavy atom. The zero-order chi connectivity index (χ0) is 13.5. The van der Waals surface area contributed by atoms with Gasteiger partial charge in [0, 0.05) is 11.6 Å². The molecular formula is C15H10N4O. The molecule has 0 saturated heterocycles. The molecule has 5 heteroatoms. The first kappa shape index (κ1) is 11.1. The molecule has 0 radical (unpaired) electrons. The van der Waals surface area contributed by atoms with Gasteiger partial charge in [-0.15, -0.1) is 0 Å². The lowest BCUT2D eigenvalue weighted by Gasteiger charge is -2.00. The van der Waals surface area contributed by atoms with Crippen molar-refractivity contribution in [3.05, 3.63) is 42.4 Å². The maximum Gasteiger partial charge on any atom is 0.231 e. The summed E-state index contributed by atoms with van der Waals surface area (Å²) in [5.74, 6) is 1.14. The van der Waals surface area contributed by atoms with E-state index in [2.05, 4.69) is 21.2 Å². The monoisotopic (exact) mass is 262 g/mol. The topological polar surface area (TPSA) is 75.6 Å². The third-order valence-electron chi connectivity index (χ3n) is 3.60. The van der Waals surface area contributed by atoms with Crippen LogP contribution in [0, 0.1) is 17.2 Å². The first-order chi connectivity index (χ1) is 9.86. The van der Waals surface area contributed by atoms with Crippen LogP contribution in [0.4, 0.5) is 0 Å². The number of benzene rings is 1. The molecule has 20 heavy (non-hydrogen) atoms. The number of hydrogen-bond donors (Lipinski definition) is 0. The first-order valence-corrected chi connectivity index (χ1v) is 6.44. The number of pyridine rings is 1. The molecule has 5 nitrogen and oxygen atoms in total. The van der Waals surface area contributed by atoms with E-state index in [9.17, 15) is 0 Å². The fourth-order valence-corrected chi connectivity index (χ4v) is 2.39. The Kier molecular flexibility index (Phi) is 2.30. The van der Waals surface area contributed by atoms with E-state index in [1.54, 1.807) is 6.20 Å². The summed E-state index contributed by atoms with van der Waals surface area (Å²) >= 11 is 0. The van der Waals surface area contributed by atoms with Crippen LogP contribution in [0.2, 0.25) is 0 Å². The molecule has 0 spiro atoms. The fourth-order valence-electron chi connectivity index (χ4n) is 2.39. The van der Waals surface area contributed by atoms with Gasteiger partial charge in [0.2, 0.25) is 11.7 Å². The normalized spacial score (nSPS) is 20.8. The van der Waals surface area contributed by atoms with E-state index in [4.69, 9.17) is 9.78 Å². The van der Waals surface area contributed by atoms with E-state index in [-0.39, 0.29) is 11.8 Å². The van der Waals surface area contributed by atoms with E-state index in [0.29, 0.717) is 17.4 Å². The van der Waals surface area contributed by atoms with Gasteiger partial charge in [-0.3, -0.25) is 4.98 Å². The second kappa shape index (κ2) is 4.14. The van der Waals surface area contributed by atoms with Gasteiger partial charge in [0.05, 0.1) is 17.9 Å². The molecule has 0 aliphatic heterocycles. The highest BCUT2D eigenvalue weighted by atomic mass is 16.5. The van der Waals surface area contributed by atoms with Gasteiger partial charge in [0.15, 0.2) is 0 Å². The Morgan fingerprint density at radius 2 is 2.15 bits per heavy atom. The van der Waals surface area contributed by atoms with Crippen molar-refractivity contribution < 1.29 is 4.52 Å². The highest BCUT2D eigenvalue weighted by Crippen LogP contribution is 2.46. The molecule has 0 bridgehead atoms. The lowest BCUT2D eigenvalue weighted by molar-refractivity contribution is 0.378. The van der Waals surface area contributed by atoms with Gasteiger partial charge in [0.25, 0.3) is 0 Å². The first-order valence-electron chi connectivity index (χ1n) is 6.44. The van der Waals surface area contributed by atoms with E-state index in [0.717, 1.165) is 17.2 Å². The molecule has 1 aliphatic carbocycles. The molecule has 1 aliphatic rings. The van der Waals surface area contributed by atoms with Crippen molar-refractivity contribution in [1.82, 2.24) is 15.1 Å². The Morgan fingerprint density at radius 3 is 3.00 bits per heavy atom. The number of hydrogen-bond acceptors (Lipinski definition) is 5. The maximum absolute atomic E-state index is 8.85. The van der Waals surface area contributed by atoms with E-state index < -0.39 is 0 Å². The Balaban J connectivity index is 1.79. The maximum atomic E-state index is 8.85. The Hall–Kier alpha value is -2.74. The number of nitriles is 1. The van der Waals surface area contributed by atoms with E-state index >= 15 is 0 Å². The molecular weight excluding hydrogens is 252 g/mol. The lowest BCUT2D eigenvalue weighted by atomic mass is 10.1. The second-order valence-electron chi connectivity index (χ2n) is 4.91. The van der Waals surface area contributed by atoms with Crippen LogP contribution in [-0.2, 0) is 0 Å². The average molecular weight is 262 g/mol. The summed E-state index contributed by atoms with van der Waals surface area (Å²) in [4.78, 5) is 8.76. The summed E-state index contributed by atoms with van der Waals surface area (Å²) in [6, 6.07) is 12.1. The highest BCUT2D eigenvalue weighted by molar-refractivity contribution is 5.92. The van der Waals surface area contributed by atoms with Gasteiger partial charge >= 0.3 is 0 Å². The van der Waals surface area contributed by atoms with Crippen LogP contribution in [0.5, 0.6) is 0 Å². The van der Waals surface area contributed by atoms with E-state index in [1.807, 2.05) is 30.3 Å². The van der Waals surface area contributed by atoms with Crippen molar-refractivity contribution in [3.63, 3.8) is 0 Å². The quantitative estimate of drug-likeness (QED) is 0.709. The van der Waals surface area contributed by atoms with Gasteiger partial charge in [-0.25, -0.2) is 0 Å². The number of fused-ring (bicyclic) bond motifs is 1. The summed E-state index contributed by atoms with van der Waals surface area (Å²) in [7, 11) is 0. The summed E-state index contributed by atoms with van der Waals surface area (Å²) in [6.07, 6.45) is 2.55. The molecule has 2 heterocycles. The van der Waals surface area contributed by atoms with Crippen molar-refractivity contribution in [1.29, 1.82) is 5.26 Å². The highest BCUT2D eigenvalue weighted by Gasteiger charge is 2.43. The molecule has 0 amide bonds. The smallest absolute Gasteiger partial charge is 0.231 e. The number of rotatable bonds is 2. The third-order valence-corrected chi connectivity index (χ3v) is 3.60. The summed E-state index contributed by atoms with van der Waals surface area (Å²) in [5.41, 5.74) is 0.715. The van der Waals surface area contributed by atoms with Gasteiger partial charge < -0.3 is 4.52 Å². The SMILES string of the molecule is N#CC1CC1c1nc(-c2nccc3ccccc23)no1. The molecule has 2 atom stereocenters. The Labute approximate surface area is 114 Å². The molecule has 0 N–H and O–H groups in total. The minimum absolute atomic E-state index is 0.0174. The summed E-state index contributed by atoms with van der Waals surface area (Å²) in [6.45, 7) is 0. The van der Waals surface area contributed by atoms with Crippen LogP contribution in [0.1, 0.15) is 18.2 Å². The molecule has 3 aromatic rings. The second-order valence-corrected chi connectivity index (χ2v) is 4.91. The number of aromatic nitrogens is 3. The Bertz CT molecular complexity index is 828. The molecule has 1 saturated carbocycles.